The quantitative estimate of drug-likeness (QED) is 0.622. The van der Waals surface area contributed by atoms with Crippen LogP contribution in [0.25, 0.3) is 0 Å². The Hall–Kier alpha value is -3.06. The van der Waals surface area contributed by atoms with Crippen LogP contribution in [0.4, 0.5) is 5.69 Å². The van der Waals surface area contributed by atoms with E-state index in [9.17, 15) is 8.42 Å². The lowest BCUT2D eigenvalue weighted by Crippen LogP contribution is -2.05. The van der Waals surface area contributed by atoms with Gasteiger partial charge in [-0.1, -0.05) is 0 Å². The summed E-state index contributed by atoms with van der Waals surface area (Å²) in [6, 6.07) is 8.04. The highest BCUT2D eigenvalue weighted by Gasteiger charge is 2.15. The third kappa shape index (κ3) is 3.71. The maximum atomic E-state index is 11.1. The molecule has 0 saturated carbocycles. The second-order valence-corrected chi connectivity index (χ2v) is 4.97. The molecule has 1 aromatic carbocycles. The predicted octanol–water partition coefficient (Wildman–Crippen LogP) is 1.18. The van der Waals surface area contributed by atoms with Crippen molar-refractivity contribution in [3.05, 3.63) is 29.5 Å². The van der Waals surface area contributed by atoms with Crippen molar-refractivity contribution in [3.63, 3.8) is 0 Å². The molecule has 8 nitrogen and oxygen atoms in total. The summed E-state index contributed by atoms with van der Waals surface area (Å²) in [6.45, 7) is 0. The minimum absolute atomic E-state index is 0.00664. The molecule has 0 heterocycles. The normalized spacial score (nSPS) is 9.67. The monoisotopic (exact) mass is 304 g/mol. The standard InChI is InChI=1S/C12H8N4O4S/c1-20-12-3-2-9(21(17,18)19)4-10(12)16-11(7-15)8(5-13)6-14/h2-4,16H,1H3,(H,17,18,19). The van der Waals surface area contributed by atoms with Gasteiger partial charge in [-0.05, 0) is 18.2 Å². The highest BCUT2D eigenvalue weighted by Crippen LogP contribution is 2.28. The van der Waals surface area contributed by atoms with Gasteiger partial charge in [-0.3, -0.25) is 4.55 Å². The molecule has 0 aliphatic rings. The summed E-state index contributed by atoms with van der Waals surface area (Å²) in [4.78, 5) is -0.432. The molecule has 2 N–H and O–H groups in total. The van der Waals surface area contributed by atoms with Gasteiger partial charge in [0.05, 0.1) is 17.7 Å². The predicted molar refractivity (Wildman–Crippen MR) is 70.3 cm³/mol. The third-order valence-electron chi connectivity index (χ3n) is 2.31. The van der Waals surface area contributed by atoms with Crippen LogP contribution >= 0.6 is 0 Å². The first-order chi connectivity index (χ1) is 9.87. The fourth-order valence-corrected chi connectivity index (χ4v) is 1.87. The molecular weight excluding hydrogens is 296 g/mol. The smallest absolute Gasteiger partial charge is 0.294 e. The van der Waals surface area contributed by atoms with E-state index in [0.717, 1.165) is 12.1 Å². The fourth-order valence-electron chi connectivity index (χ4n) is 1.36. The lowest BCUT2D eigenvalue weighted by atomic mass is 10.2. The van der Waals surface area contributed by atoms with Crippen LogP contribution < -0.4 is 10.1 Å². The van der Waals surface area contributed by atoms with Crippen LogP contribution in [0.2, 0.25) is 0 Å². The number of anilines is 1. The molecule has 0 aliphatic carbocycles. The van der Waals surface area contributed by atoms with Gasteiger partial charge in [0, 0.05) is 0 Å². The van der Waals surface area contributed by atoms with Crippen molar-refractivity contribution in [1.82, 2.24) is 0 Å². The zero-order valence-corrected chi connectivity index (χ0v) is 11.5. The van der Waals surface area contributed by atoms with Crippen LogP contribution in [0.1, 0.15) is 0 Å². The average molecular weight is 304 g/mol. The van der Waals surface area contributed by atoms with E-state index < -0.39 is 20.6 Å². The summed E-state index contributed by atoms with van der Waals surface area (Å²) in [6.07, 6.45) is 0. The van der Waals surface area contributed by atoms with Crippen LogP contribution in [0.3, 0.4) is 0 Å². The molecule has 0 spiro atoms. The van der Waals surface area contributed by atoms with E-state index in [2.05, 4.69) is 5.32 Å². The summed E-state index contributed by atoms with van der Waals surface area (Å²) < 4.78 is 36.1. The van der Waals surface area contributed by atoms with Crippen LogP contribution in [0.15, 0.2) is 34.4 Å². The number of allylic oxidation sites excluding steroid dienone is 2. The molecule has 0 unspecified atom stereocenters. The summed E-state index contributed by atoms with van der Waals surface area (Å²) in [7, 11) is -3.14. The second-order valence-electron chi connectivity index (χ2n) is 3.55. The minimum atomic E-state index is -4.45. The van der Waals surface area contributed by atoms with E-state index in [1.807, 2.05) is 0 Å². The summed E-state index contributed by atoms with van der Waals surface area (Å²) >= 11 is 0. The Bertz CT molecular complexity index is 806. The Balaban J connectivity index is 3.44. The molecule has 106 valence electrons. The Morgan fingerprint density at radius 1 is 1.24 bits per heavy atom. The van der Waals surface area contributed by atoms with Crippen molar-refractivity contribution in [2.45, 2.75) is 4.90 Å². The summed E-state index contributed by atoms with van der Waals surface area (Å²) in [5.74, 6) is 0.158. The molecule has 0 fully saturated rings. The zero-order valence-electron chi connectivity index (χ0n) is 10.7. The number of rotatable bonds is 4. The lowest BCUT2D eigenvalue weighted by Gasteiger charge is -2.11. The zero-order chi connectivity index (χ0) is 16.0. The van der Waals surface area contributed by atoms with E-state index in [0.29, 0.717) is 0 Å². The first-order valence-electron chi connectivity index (χ1n) is 5.24. The molecule has 0 bridgehead atoms. The summed E-state index contributed by atoms with van der Waals surface area (Å²) in [5.41, 5.74) is -0.838. The largest absolute Gasteiger partial charge is 0.495 e. The number of nitriles is 3. The van der Waals surface area contributed by atoms with Crippen molar-refractivity contribution in [2.75, 3.05) is 12.4 Å². The Labute approximate surface area is 120 Å². The minimum Gasteiger partial charge on any atom is -0.495 e. The van der Waals surface area contributed by atoms with Crippen molar-refractivity contribution in [3.8, 4) is 24.0 Å². The van der Waals surface area contributed by atoms with Crippen LogP contribution in [-0.4, -0.2) is 20.1 Å². The molecule has 0 amide bonds. The average Bonchev–Trinajstić information content (AvgIpc) is 2.46. The van der Waals surface area contributed by atoms with Crippen molar-refractivity contribution < 1.29 is 17.7 Å². The van der Waals surface area contributed by atoms with E-state index >= 15 is 0 Å². The number of ether oxygens (including phenoxy) is 1. The number of nitrogens with one attached hydrogen (secondary N) is 1. The molecule has 0 saturated heterocycles. The molecular formula is C12H8N4O4S. The van der Waals surface area contributed by atoms with Gasteiger partial charge in [-0.25, -0.2) is 0 Å². The fraction of sp³-hybridized carbons (Fsp3) is 0.0833. The third-order valence-corrected chi connectivity index (χ3v) is 3.16. The molecule has 1 aromatic rings. The van der Waals surface area contributed by atoms with Crippen LogP contribution in [0, 0.1) is 34.0 Å². The number of methoxy groups -OCH3 is 1. The molecule has 0 radical (unpaired) electrons. The maximum Gasteiger partial charge on any atom is 0.294 e. The Morgan fingerprint density at radius 3 is 2.29 bits per heavy atom. The molecule has 21 heavy (non-hydrogen) atoms. The lowest BCUT2D eigenvalue weighted by molar-refractivity contribution is 0.416. The second kappa shape index (κ2) is 6.40. The molecule has 0 aromatic heterocycles. The first-order valence-corrected chi connectivity index (χ1v) is 6.68. The van der Waals surface area contributed by atoms with E-state index in [1.54, 1.807) is 6.07 Å². The SMILES string of the molecule is COc1ccc(S(=O)(=O)O)cc1NC(C#N)=C(C#N)C#N. The van der Waals surface area contributed by atoms with E-state index in [-0.39, 0.29) is 17.1 Å². The van der Waals surface area contributed by atoms with Crippen LogP contribution in [-0.2, 0) is 10.1 Å². The number of benzene rings is 1. The molecule has 1 rings (SSSR count). The number of hydrogen-bond acceptors (Lipinski definition) is 7. The van der Waals surface area contributed by atoms with Crippen molar-refractivity contribution >= 4 is 15.8 Å². The molecule has 0 atom stereocenters. The topological polar surface area (TPSA) is 147 Å². The number of hydrogen-bond donors (Lipinski definition) is 2. The van der Waals surface area contributed by atoms with Crippen molar-refractivity contribution in [2.24, 2.45) is 0 Å². The first kappa shape index (κ1) is 16.0. The molecule has 0 aliphatic heterocycles. The van der Waals surface area contributed by atoms with Gasteiger partial charge >= 0.3 is 0 Å². The van der Waals surface area contributed by atoms with Gasteiger partial charge in [0.1, 0.15) is 29.7 Å². The van der Waals surface area contributed by atoms with Gasteiger partial charge in [-0.15, -0.1) is 0 Å². The van der Waals surface area contributed by atoms with Gasteiger partial charge in [0.15, 0.2) is 5.57 Å². The van der Waals surface area contributed by atoms with Gasteiger partial charge in [-0.2, -0.15) is 24.2 Å². The maximum absolute atomic E-state index is 11.1. The van der Waals surface area contributed by atoms with Gasteiger partial charge < -0.3 is 10.1 Å². The van der Waals surface area contributed by atoms with E-state index in [1.165, 1.54) is 25.3 Å². The Morgan fingerprint density at radius 2 is 1.86 bits per heavy atom. The molecule has 9 heteroatoms. The summed E-state index contributed by atoms with van der Waals surface area (Å²) in [5, 5.41) is 28.8. The van der Waals surface area contributed by atoms with Gasteiger partial charge in [0.25, 0.3) is 10.1 Å². The van der Waals surface area contributed by atoms with Crippen LogP contribution in [0.5, 0.6) is 5.75 Å². The van der Waals surface area contributed by atoms with Gasteiger partial charge in [0.2, 0.25) is 0 Å². The highest BCUT2D eigenvalue weighted by molar-refractivity contribution is 7.85. The highest BCUT2D eigenvalue weighted by atomic mass is 32.2. The number of nitrogens with zero attached hydrogens (tertiary/aromatic N) is 3. The van der Waals surface area contributed by atoms with E-state index in [4.69, 9.17) is 25.1 Å². The van der Waals surface area contributed by atoms with Crippen molar-refractivity contribution in [1.29, 1.82) is 15.8 Å². The Kier molecular flexibility index (Phi) is 4.87.